The molecule has 0 saturated heterocycles. The van der Waals surface area contributed by atoms with Crippen LogP contribution in [0.3, 0.4) is 0 Å². The lowest BCUT2D eigenvalue weighted by Crippen LogP contribution is -2.28. The van der Waals surface area contributed by atoms with Gasteiger partial charge in [-0.2, -0.15) is 0 Å². The number of amides is 2. The van der Waals surface area contributed by atoms with Crippen molar-refractivity contribution in [1.82, 2.24) is 0 Å². The van der Waals surface area contributed by atoms with Gasteiger partial charge < -0.3 is 14.8 Å². The predicted octanol–water partition coefficient (Wildman–Crippen LogP) is 4.98. The number of hydrogen-bond donors (Lipinski definition) is 2. The van der Waals surface area contributed by atoms with Crippen LogP contribution < -0.4 is 10.6 Å². The molecule has 0 saturated carbocycles. The summed E-state index contributed by atoms with van der Waals surface area (Å²) < 4.78 is 24.1. The molecule has 28 heavy (non-hydrogen) atoms. The molecule has 0 aromatic heterocycles. The van der Waals surface area contributed by atoms with Crippen LogP contribution in [0.5, 0.6) is 0 Å². The Balaban J connectivity index is 1.96. The summed E-state index contributed by atoms with van der Waals surface area (Å²) >= 11 is 6.03. The molecule has 0 heterocycles. The number of ether oxygens (including phenoxy) is 2. The highest BCUT2D eigenvalue weighted by molar-refractivity contribution is 6.31. The fraction of sp³-hybridized carbons (Fsp3) is 0.300. The van der Waals surface area contributed by atoms with Crippen molar-refractivity contribution >= 4 is 35.0 Å². The van der Waals surface area contributed by atoms with E-state index in [9.17, 15) is 14.0 Å². The highest BCUT2D eigenvalue weighted by Crippen LogP contribution is 2.24. The third kappa shape index (κ3) is 7.17. The Bertz CT molecular complexity index is 852. The Morgan fingerprint density at radius 1 is 1.07 bits per heavy atom. The van der Waals surface area contributed by atoms with Gasteiger partial charge in [0.2, 0.25) is 5.91 Å². The average molecular weight is 409 g/mol. The summed E-state index contributed by atoms with van der Waals surface area (Å²) in [6.45, 7) is 5.04. The molecular weight excluding hydrogens is 387 g/mol. The van der Waals surface area contributed by atoms with Crippen LogP contribution in [0.4, 0.5) is 20.6 Å². The van der Waals surface area contributed by atoms with Gasteiger partial charge in [0.1, 0.15) is 18.0 Å². The number of halogens is 2. The molecular formula is C20H22ClFN2O4. The second-order valence-electron chi connectivity index (χ2n) is 6.95. The van der Waals surface area contributed by atoms with Crippen molar-refractivity contribution in [3.05, 3.63) is 58.9 Å². The number of rotatable bonds is 6. The van der Waals surface area contributed by atoms with Gasteiger partial charge in [0.05, 0.1) is 18.0 Å². The van der Waals surface area contributed by atoms with Gasteiger partial charge in [0.25, 0.3) is 0 Å². The molecule has 0 bridgehead atoms. The molecule has 6 nitrogen and oxygen atoms in total. The average Bonchev–Trinajstić information content (AvgIpc) is 2.57. The lowest BCUT2D eigenvalue weighted by Gasteiger charge is -2.20. The lowest BCUT2D eigenvalue weighted by molar-refractivity contribution is -0.121. The molecule has 0 unspecified atom stereocenters. The fourth-order valence-corrected chi connectivity index (χ4v) is 2.39. The Labute approximate surface area is 168 Å². The van der Waals surface area contributed by atoms with Crippen molar-refractivity contribution in [2.75, 3.05) is 17.2 Å². The first kappa shape index (κ1) is 21.7. The molecule has 2 aromatic carbocycles. The quantitative estimate of drug-likeness (QED) is 0.706. The van der Waals surface area contributed by atoms with Gasteiger partial charge in [-0.1, -0.05) is 29.8 Å². The molecule has 0 aliphatic heterocycles. The van der Waals surface area contributed by atoms with E-state index < -0.39 is 23.4 Å². The first-order chi connectivity index (χ1) is 13.1. The minimum atomic E-state index is -0.718. The maximum absolute atomic E-state index is 13.6. The van der Waals surface area contributed by atoms with Crippen molar-refractivity contribution in [2.45, 2.75) is 33.0 Å². The summed E-state index contributed by atoms with van der Waals surface area (Å²) in [5, 5.41) is 5.54. The maximum Gasteiger partial charge on any atom is 0.412 e. The largest absolute Gasteiger partial charge is 0.444 e. The first-order valence-electron chi connectivity index (χ1n) is 8.54. The topological polar surface area (TPSA) is 76.7 Å². The maximum atomic E-state index is 13.6. The highest BCUT2D eigenvalue weighted by atomic mass is 35.5. The summed E-state index contributed by atoms with van der Waals surface area (Å²) in [6.07, 6.45) is -0.718. The van der Waals surface area contributed by atoms with Crippen molar-refractivity contribution in [2.24, 2.45) is 0 Å². The van der Waals surface area contributed by atoms with Crippen LogP contribution in [0.2, 0.25) is 5.02 Å². The smallest absolute Gasteiger partial charge is 0.412 e. The molecule has 2 rings (SSSR count). The highest BCUT2D eigenvalue weighted by Gasteiger charge is 2.18. The van der Waals surface area contributed by atoms with Crippen molar-refractivity contribution in [3.63, 3.8) is 0 Å². The third-order valence-corrected chi connectivity index (χ3v) is 3.71. The van der Waals surface area contributed by atoms with Gasteiger partial charge in [-0.3, -0.25) is 10.1 Å². The lowest BCUT2D eigenvalue weighted by atomic mass is 10.2. The Kier molecular flexibility index (Phi) is 7.37. The number of hydrogen-bond acceptors (Lipinski definition) is 4. The van der Waals surface area contributed by atoms with E-state index >= 15 is 0 Å². The van der Waals surface area contributed by atoms with Crippen LogP contribution in [0.1, 0.15) is 26.3 Å². The molecule has 0 aliphatic carbocycles. The van der Waals surface area contributed by atoms with Crippen molar-refractivity contribution in [3.8, 4) is 0 Å². The van der Waals surface area contributed by atoms with Gasteiger partial charge in [-0.05, 0) is 50.6 Å². The second kappa shape index (κ2) is 9.52. The van der Waals surface area contributed by atoms with Gasteiger partial charge in [0, 0.05) is 5.02 Å². The first-order valence-corrected chi connectivity index (χ1v) is 8.92. The van der Waals surface area contributed by atoms with Crippen molar-refractivity contribution in [1.29, 1.82) is 0 Å². The SMILES string of the molecule is CC(C)(C)OC(=O)Nc1ccc(F)cc1NC(=O)COCc1ccccc1Cl. The molecule has 0 spiro atoms. The number of carbonyl (C=O) groups is 2. The van der Waals surface area contributed by atoms with Crippen molar-refractivity contribution < 1.29 is 23.5 Å². The predicted molar refractivity (Wildman–Crippen MR) is 106 cm³/mol. The summed E-state index contributed by atoms with van der Waals surface area (Å²) in [7, 11) is 0. The minimum absolute atomic E-state index is 0.0946. The van der Waals surface area contributed by atoms with Gasteiger partial charge in [0.15, 0.2) is 0 Å². The number of nitrogens with one attached hydrogen (secondary N) is 2. The summed E-state index contributed by atoms with van der Waals surface area (Å²) in [5.74, 6) is -1.08. The van der Waals surface area contributed by atoms with Crippen LogP contribution in [0.15, 0.2) is 42.5 Å². The van der Waals surface area contributed by atoms with Crippen LogP contribution in [-0.2, 0) is 20.9 Å². The van der Waals surface area contributed by atoms with E-state index in [1.54, 1.807) is 39.0 Å². The van der Waals surface area contributed by atoms with Crippen LogP contribution >= 0.6 is 11.6 Å². The van der Waals surface area contributed by atoms with E-state index in [1.807, 2.05) is 6.07 Å². The molecule has 8 heteroatoms. The van der Waals surface area contributed by atoms with E-state index in [2.05, 4.69) is 10.6 Å². The second-order valence-corrected chi connectivity index (χ2v) is 7.36. The van der Waals surface area contributed by atoms with E-state index in [-0.39, 0.29) is 24.6 Å². The molecule has 150 valence electrons. The molecule has 2 N–H and O–H groups in total. The zero-order valence-electron chi connectivity index (χ0n) is 15.8. The van der Waals surface area contributed by atoms with E-state index in [0.29, 0.717) is 5.02 Å². The monoisotopic (exact) mass is 408 g/mol. The molecule has 0 aliphatic rings. The Morgan fingerprint density at radius 3 is 2.46 bits per heavy atom. The number of anilines is 2. The molecule has 0 atom stereocenters. The van der Waals surface area contributed by atoms with Crippen LogP contribution in [0.25, 0.3) is 0 Å². The zero-order chi connectivity index (χ0) is 20.7. The standard InChI is InChI=1S/C20H22ClFN2O4/c1-20(2,3)28-19(26)24-16-9-8-14(22)10-17(16)23-18(25)12-27-11-13-6-4-5-7-15(13)21/h4-10H,11-12H2,1-3H3,(H,23,25)(H,24,26). The van der Waals surface area contributed by atoms with Gasteiger partial charge >= 0.3 is 6.09 Å². The van der Waals surface area contributed by atoms with Gasteiger partial charge in [-0.25, -0.2) is 9.18 Å². The summed E-state index contributed by atoms with van der Waals surface area (Å²) in [5.41, 5.74) is 0.349. The normalized spacial score (nSPS) is 11.0. The van der Waals surface area contributed by atoms with Gasteiger partial charge in [-0.15, -0.1) is 0 Å². The Morgan fingerprint density at radius 2 is 1.79 bits per heavy atom. The zero-order valence-corrected chi connectivity index (χ0v) is 16.6. The van der Waals surface area contributed by atoms with E-state index in [0.717, 1.165) is 17.7 Å². The minimum Gasteiger partial charge on any atom is -0.444 e. The van der Waals surface area contributed by atoms with Crippen LogP contribution in [-0.4, -0.2) is 24.2 Å². The fourth-order valence-electron chi connectivity index (χ4n) is 2.20. The third-order valence-electron chi connectivity index (χ3n) is 3.34. The summed E-state index contributed by atoms with van der Waals surface area (Å²) in [6, 6.07) is 10.7. The Hall–Kier alpha value is -2.64. The molecule has 0 radical (unpaired) electrons. The number of carbonyl (C=O) groups excluding carboxylic acids is 2. The number of benzene rings is 2. The van der Waals surface area contributed by atoms with E-state index in [1.165, 1.54) is 6.07 Å². The summed E-state index contributed by atoms with van der Waals surface area (Å²) in [4.78, 5) is 24.1. The van der Waals surface area contributed by atoms with Crippen LogP contribution in [0, 0.1) is 5.82 Å². The molecule has 2 amide bonds. The van der Waals surface area contributed by atoms with E-state index in [4.69, 9.17) is 21.1 Å². The molecule has 2 aromatic rings. The molecule has 0 fully saturated rings.